The molecule has 3 atom stereocenters. The lowest BCUT2D eigenvalue weighted by Crippen LogP contribution is -2.38. The van der Waals surface area contributed by atoms with Gasteiger partial charge in [-0.25, -0.2) is 0 Å². The lowest BCUT2D eigenvalue weighted by molar-refractivity contribution is 0.119. The zero-order chi connectivity index (χ0) is 10.6. The first-order valence-electron chi connectivity index (χ1n) is 6.35. The van der Waals surface area contributed by atoms with Crippen molar-refractivity contribution in [3.05, 3.63) is 0 Å². The van der Waals surface area contributed by atoms with Crippen molar-refractivity contribution in [2.24, 2.45) is 17.8 Å². The lowest BCUT2D eigenvalue weighted by atomic mass is 9.78. The van der Waals surface area contributed by atoms with Crippen LogP contribution in [0.2, 0.25) is 0 Å². The van der Waals surface area contributed by atoms with Gasteiger partial charge in [-0.05, 0) is 44.2 Å². The molecule has 1 fully saturated rings. The molecule has 0 aromatic heterocycles. The van der Waals surface area contributed by atoms with Gasteiger partial charge in [0, 0.05) is 6.54 Å². The molecule has 1 nitrogen and oxygen atoms in total. The van der Waals surface area contributed by atoms with Crippen LogP contribution in [-0.2, 0) is 0 Å². The van der Waals surface area contributed by atoms with E-state index in [0.29, 0.717) is 0 Å². The van der Waals surface area contributed by atoms with Gasteiger partial charge in [-0.3, -0.25) is 0 Å². The summed E-state index contributed by atoms with van der Waals surface area (Å²) in [5, 5.41) is 0. The number of nitrogens with zero attached hydrogens (tertiary/aromatic N) is 1. The predicted molar refractivity (Wildman–Crippen MR) is 63.5 cm³/mol. The molecule has 0 saturated carbocycles. The third-order valence-electron chi connectivity index (χ3n) is 4.02. The fourth-order valence-corrected chi connectivity index (χ4v) is 2.75. The smallest absolute Gasteiger partial charge is 0.000936 e. The van der Waals surface area contributed by atoms with Crippen LogP contribution in [-0.4, -0.2) is 25.0 Å². The van der Waals surface area contributed by atoms with E-state index in [9.17, 15) is 0 Å². The summed E-state index contributed by atoms with van der Waals surface area (Å²) in [6.45, 7) is 9.73. The summed E-state index contributed by atoms with van der Waals surface area (Å²) in [4.78, 5) is 2.51. The van der Waals surface area contributed by atoms with Crippen molar-refractivity contribution in [1.82, 2.24) is 4.90 Å². The van der Waals surface area contributed by atoms with Gasteiger partial charge in [0.15, 0.2) is 0 Å². The van der Waals surface area contributed by atoms with Gasteiger partial charge < -0.3 is 4.90 Å². The molecule has 1 heterocycles. The molecule has 1 aliphatic heterocycles. The Morgan fingerprint density at radius 2 is 2.00 bits per heavy atom. The lowest BCUT2D eigenvalue weighted by Gasteiger charge is -2.37. The minimum absolute atomic E-state index is 0.917. The highest BCUT2D eigenvalue weighted by Crippen LogP contribution is 2.31. The largest absolute Gasteiger partial charge is 0.306 e. The zero-order valence-electron chi connectivity index (χ0n) is 10.4. The minimum atomic E-state index is 0.917. The summed E-state index contributed by atoms with van der Waals surface area (Å²) < 4.78 is 0. The Kier molecular flexibility index (Phi) is 4.94. The average molecular weight is 197 g/mol. The number of rotatable bonds is 4. The van der Waals surface area contributed by atoms with Crippen LogP contribution in [0.4, 0.5) is 0 Å². The van der Waals surface area contributed by atoms with Crippen LogP contribution in [0.3, 0.4) is 0 Å². The predicted octanol–water partition coefficient (Wildman–Crippen LogP) is 3.40. The third kappa shape index (κ3) is 3.27. The van der Waals surface area contributed by atoms with E-state index >= 15 is 0 Å². The van der Waals surface area contributed by atoms with Crippen LogP contribution in [0.5, 0.6) is 0 Å². The van der Waals surface area contributed by atoms with Crippen molar-refractivity contribution in [3.63, 3.8) is 0 Å². The van der Waals surface area contributed by atoms with Gasteiger partial charge >= 0.3 is 0 Å². The summed E-state index contributed by atoms with van der Waals surface area (Å²) in [7, 11) is 2.27. The molecule has 0 N–H and O–H groups in total. The maximum Gasteiger partial charge on any atom is 0.000936 e. The Bertz CT molecular complexity index is 155. The zero-order valence-corrected chi connectivity index (χ0v) is 10.4. The SMILES string of the molecule is CCC(C)CC1CN(C)CCC1CC. The molecule has 84 valence electrons. The summed E-state index contributed by atoms with van der Waals surface area (Å²) in [6, 6.07) is 0. The van der Waals surface area contributed by atoms with Crippen molar-refractivity contribution in [2.45, 2.75) is 46.5 Å². The number of likely N-dealkylation sites (tertiary alicyclic amines) is 1. The third-order valence-corrected chi connectivity index (χ3v) is 4.02. The number of hydrogen-bond acceptors (Lipinski definition) is 1. The van der Waals surface area contributed by atoms with Gasteiger partial charge in [-0.15, -0.1) is 0 Å². The van der Waals surface area contributed by atoms with E-state index in [4.69, 9.17) is 0 Å². The van der Waals surface area contributed by atoms with Gasteiger partial charge in [0.2, 0.25) is 0 Å². The molecule has 0 aliphatic carbocycles. The van der Waals surface area contributed by atoms with Crippen molar-refractivity contribution < 1.29 is 0 Å². The highest BCUT2D eigenvalue weighted by molar-refractivity contribution is 4.79. The first-order chi connectivity index (χ1) is 6.67. The van der Waals surface area contributed by atoms with E-state index in [0.717, 1.165) is 17.8 Å². The highest BCUT2D eigenvalue weighted by atomic mass is 15.1. The van der Waals surface area contributed by atoms with Gasteiger partial charge in [-0.2, -0.15) is 0 Å². The average Bonchev–Trinajstić information content (AvgIpc) is 2.18. The van der Waals surface area contributed by atoms with E-state index in [1.807, 2.05) is 0 Å². The Morgan fingerprint density at radius 3 is 2.57 bits per heavy atom. The number of piperidine rings is 1. The summed E-state index contributed by atoms with van der Waals surface area (Å²) in [6.07, 6.45) is 5.60. The molecule has 0 radical (unpaired) electrons. The standard InChI is InChI=1S/C13H27N/c1-5-11(3)9-13-10-14(4)8-7-12(13)6-2/h11-13H,5-10H2,1-4H3. The molecule has 0 aromatic rings. The topological polar surface area (TPSA) is 3.24 Å². The molecule has 3 unspecified atom stereocenters. The van der Waals surface area contributed by atoms with E-state index in [1.165, 1.54) is 38.8 Å². The summed E-state index contributed by atoms with van der Waals surface area (Å²) in [5.41, 5.74) is 0. The van der Waals surface area contributed by atoms with Gasteiger partial charge in [0.25, 0.3) is 0 Å². The molecule has 0 aromatic carbocycles. The van der Waals surface area contributed by atoms with Crippen LogP contribution in [0.25, 0.3) is 0 Å². The van der Waals surface area contributed by atoms with Crippen LogP contribution in [0.1, 0.15) is 46.5 Å². The minimum Gasteiger partial charge on any atom is -0.306 e. The van der Waals surface area contributed by atoms with E-state index in [1.54, 1.807) is 0 Å². The van der Waals surface area contributed by atoms with Crippen molar-refractivity contribution in [2.75, 3.05) is 20.1 Å². The van der Waals surface area contributed by atoms with Crippen molar-refractivity contribution in [1.29, 1.82) is 0 Å². The van der Waals surface area contributed by atoms with E-state index in [2.05, 4.69) is 32.7 Å². The second kappa shape index (κ2) is 5.75. The molecule has 14 heavy (non-hydrogen) atoms. The second-order valence-corrected chi connectivity index (χ2v) is 5.23. The molecule has 1 heteroatoms. The Morgan fingerprint density at radius 1 is 1.29 bits per heavy atom. The van der Waals surface area contributed by atoms with Gasteiger partial charge in [-0.1, -0.05) is 33.6 Å². The molecular formula is C13H27N. The fraction of sp³-hybridized carbons (Fsp3) is 1.00. The van der Waals surface area contributed by atoms with Crippen molar-refractivity contribution in [3.8, 4) is 0 Å². The van der Waals surface area contributed by atoms with Gasteiger partial charge in [0.05, 0.1) is 0 Å². The molecule has 1 saturated heterocycles. The van der Waals surface area contributed by atoms with Crippen LogP contribution >= 0.6 is 0 Å². The monoisotopic (exact) mass is 197 g/mol. The molecule has 1 aliphatic rings. The first kappa shape index (κ1) is 12.0. The van der Waals surface area contributed by atoms with Crippen molar-refractivity contribution >= 4 is 0 Å². The van der Waals surface area contributed by atoms with Crippen LogP contribution in [0, 0.1) is 17.8 Å². The normalized spacial score (nSPS) is 31.7. The summed E-state index contributed by atoms with van der Waals surface area (Å²) >= 11 is 0. The Balaban J connectivity index is 2.44. The van der Waals surface area contributed by atoms with E-state index < -0.39 is 0 Å². The van der Waals surface area contributed by atoms with Gasteiger partial charge in [0.1, 0.15) is 0 Å². The molecule has 0 amide bonds. The molecule has 1 rings (SSSR count). The van der Waals surface area contributed by atoms with Crippen LogP contribution < -0.4 is 0 Å². The molecule has 0 spiro atoms. The highest BCUT2D eigenvalue weighted by Gasteiger charge is 2.26. The first-order valence-corrected chi connectivity index (χ1v) is 6.35. The summed E-state index contributed by atoms with van der Waals surface area (Å²) in [5.74, 6) is 2.88. The Hall–Kier alpha value is -0.0400. The fourth-order valence-electron chi connectivity index (χ4n) is 2.75. The molecular weight excluding hydrogens is 170 g/mol. The van der Waals surface area contributed by atoms with Crippen LogP contribution in [0.15, 0.2) is 0 Å². The Labute approximate surface area is 89.9 Å². The molecule has 0 bridgehead atoms. The second-order valence-electron chi connectivity index (χ2n) is 5.23. The number of hydrogen-bond donors (Lipinski definition) is 0. The quantitative estimate of drug-likeness (QED) is 0.667. The maximum atomic E-state index is 2.51. The maximum absolute atomic E-state index is 2.51. The van der Waals surface area contributed by atoms with E-state index in [-0.39, 0.29) is 0 Å².